The molecule has 0 radical (unpaired) electrons. The predicted molar refractivity (Wildman–Crippen MR) is 102 cm³/mol. The molecule has 0 atom stereocenters. The molecule has 0 saturated carbocycles. The first kappa shape index (κ1) is 17.3. The number of para-hydroxylation sites is 2. The molecule has 8 heteroatoms. The van der Waals surface area contributed by atoms with Gasteiger partial charge in [-0.1, -0.05) is 23.9 Å². The summed E-state index contributed by atoms with van der Waals surface area (Å²) in [5, 5.41) is 3.31. The summed E-state index contributed by atoms with van der Waals surface area (Å²) in [7, 11) is 1.57. The minimum Gasteiger partial charge on any atom is -0.495 e. The second-order valence-electron chi connectivity index (χ2n) is 4.75. The summed E-state index contributed by atoms with van der Waals surface area (Å²) in [5.74, 6) is 0.671. The standard InChI is InChI=1S/C16H12Br2N2O3S/c1-22-14-7-12(9(17)6-10(14)18)19-15(21)8-24-16-20-11-4-2-3-5-13(11)23-16/h2-7H,8H2,1H3,(H,19,21). The van der Waals surface area contributed by atoms with E-state index in [9.17, 15) is 4.79 Å². The number of oxazole rings is 1. The SMILES string of the molecule is COc1cc(NC(=O)CSc2nc3ccccc3o2)c(Br)cc1Br. The van der Waals surface area contributed by atoms with Gasteiger partial charge in [-0.05, 0) is 50.1 Å². The van der Waals surface area contributed by atoms with Crippen molar-refractivity contribution in [3.63, 3.8) is 0 Å². The zero-order chi connectivity index (χ0) is 17.1. The van der Waals surface area contributed by atoms with Crippen LogP contribution in [0.15, 0.2) is 55.0 Å². The Morgan fingerprint density at radius 2 is 2.08 bits per heavy atom. The highest BCUT2D eigenvalue weighted by Gasteiger charge is 2.12. The van der Waals surface area contributed by atoms with E-state index in [2.05, 4.69) is 42.2 Å². The minimum atomic E-state index is -0.160. The summed E-state index contributed by atoms with van der Waals surface area (Å²) in [4.78, 5) is 16.5. The number of benzene rings is 2. The van der Waals surface area contributed by atoms with Crippen LogP contribution in [0.5, 0.6) is 5.75 Å². The first-order chi connectivity index (χ1) is 11.6. The highest BCUT2D eigenvalue weighted by atomic mass is 79.9. The van der Waals surface area contributed by atoms with E-state index in [1.807, 2.05) is 30.3 Å². The number of halogens is 2. The van der Waals surface area contributed by atoms with Crippen LogP contribution in [0.2, 0.25) is 0 Å². The van der Waals surface area contributed by atoms with Crippen molar-refractivity contribution in [1.29, 1.82) is 0 Å². The van der Waals surface area contributed by atoms with Crippen LogP contribution in [0, 0.1) is 0 Å². The minimum absolute atomic E-state index is 0.160. The van der Waals surface area contributed by atoms with Gasteiger partial charge in [0.1, 0.15) is 11.3 Å². The molecule has 0 fully saturated rings. The molecule has 0 saturated heterocycles. The van der Waals surface area contributed by atoms with Crippen LogP contribution >= 0.6 is 43.6 Å². The summed E-state index contributed by atoms with van der Waals surface area (Å²) in [6.45, 7) is 0. The molecule has 0 spiro atoms. The lowest BCUT2D eigenvalue weighted by Gasteiger charge is -2.10. The first-order valence-electron chi connectivity index (χ1n) is 6.88. The molecule has 0 aliphatic heterocycles. The molecule has 2 aromatic carbocycles. The number of aromatic nitrogens is 1. The Morgan fingerprint density at radius 1 is 1.29 bits per heavy atom. The third kappa shape index (κ3) is 3.93. The number of hydrogen-bond acceptors (Lipinski definition) is 5. The molecule has 3 aromatic rings. The summed E-state index contributed by atoms with van der Waals surface area (Å²) in [6.07, 6.45) is 0. The second-order valence-corrected chi connectivity index (χ2v) is 7.39. The molecule has 5 nitrogen and oxygen atoms in total. The fourth-order valence-corrected chi connectivity index (χ4v) is 3.90. The number of carbonyl (C=O) groups is 1. The van der Waals surface area contributed by atoms with Crippen molar-refractivity contribution < 1.29 is 13.9 Å². The number of thioether (sulfide) groups is 1. The number of ether oxygens (including phenoxy) is 1. The van der Waals surface area contributed by atoms with E-state index in [1.54, 1.807) is 13.2 Å². The van der Waals surface area contributed by atoms with E-state index in [4.69, 9.17) is 9.15 Å². The average Bonchev–Trinajstić information content (AvgIpc) is 2.98. The van der Waals surface area contributed by atoms with Crippen molar-refractivity contribution >= 4 is 66.3 Å². The molecular weight excluding hydrogens is 460 g/mol. The molecule has 1 aromatic heterocycles. The maximum atomic E-state index is 12.2. The van der Waals surface area contributed by atoms with Crippen molar-refractivity contribution in [1.82, 2.24) is 4.98 Å². The quantitative estimate of drug-likeness (QED) is 0.525. The zero-order valence-corrected chi connectivity index (χ0v) is 16.5. The van der Waals surface area contributed by atoms with Crippen molar-refractivity contribution in [2.75, 3.05) is 18.2 Å². The topological polar surface area (TPSA) is 64.4 Å². The monoisotopic (exact) mass is 470 g/mol. The lowest BCUT2D eigenvalue weighted by atomic mass is 10.3. The van der Waals surface area contributed by atoms with Crippen molar-refractivity contribution in [2.45, 2.75) is 5.22 Å². The fourth-order valence-electron chi connectivity index (χ4n) is 2.01. The number of carbonyl (C=O) groups excluding carboxylic acids is 1. The summed E-state index contributed by atoms with van der Waals surface area (Å²) in [6, 6.07) is 11.1. The van der Waals surface area contributed by atoms with E-state index in [-0.39, 0.29) is 11.7 Å². The maximum absolute atomic E-state index is 12.2. The molecule has 0 bridgehead atoms. The van der Waals surface area contributed by atoms with Crippen molar-refractivity contribution in [2.24, 2.45) is 0 Å². The normalized spacial score (nSPS) is 10.8. The molecule has 0 unspecified atom stereocenters. The summed E-state index contributed by atoms with van der Waals surface area (Å²) >= 11 is 8.06. The van der Waals surface area contributed by atoms with Crippen LogP contribution in [-0.2, 0) is 4.79 Å². The van der Waals surface area contributed by atoms with E-state index in [0.717, 1.165) is 14.5 Å². The van der Waals surface area contributed by atoms with Gasteiger partial charge in [-0.25, -0.2) is 4.98 Å². The largest absolute Gasteiger partial charge is 0.495 e. The predicted octanol–water partition coefficient (Wildman–Crippen LogP) is 5.09. The van der Waals surface area contributed by atoms with Gasteiger partial charge < -0.3 is 14.5 Å². The lowest BCUT2D eigenvalue weighted by molar-refractivity contribution is -0.113. The molecule has 1 N–H and O–H groups in total. The molecule has 24 heavy (non-hydrogen) atoms. The van der Waals surface area contributed by atoms with Gasteiger partial charge in [-0.15, -0.1) is 0 Å². The zero-order valence-electron chi connectivity index (χ0n) is 12.5. The number of nitrogens with zero attached hydrogens (tertiary/aromatic N) is 1. The van der Waals surface area contributed by atoms with E-state index < -0.39 is 0 Å². The van der Waals surface area contributed by atoms with Crippen molar-refractivity contribution in [3.05, 3.63) is 45.3 Å². The third-order valence-electron chi connectivity index (χ3n) is 3.12. The van der Waals surface area contributed by atoms with Crippen LogP contribution in [0.3, 0.4) is 0 Å². The van der Waals surface area contributed by atoms with Crippen LogP contribution in [0.25, 0.3) is 11.1 Å². The van der Waals surface area contributed by atoms with Gasteiger partial charge in [0.15, 0.2) is 5.58 Å². The first-order valence-corrected chi connectivity index (χ1v) is 9.45. The molecule has 124 valence electrons. The molecular formula is C16H12Br2N2O3S. The number of anilines is 1. The Kier molecular flexibility index (Phi) is 5.47. The fraction of sp³-hybridized carbons (Fsp3) is 0.125. The molecule has 0 aliphatic carbocycles. The maximum Gasteiger partial charge on any atom is 0.257 e. The van der Waals surface area contributed by atoms with Gasteiger partial charge in [0.2, 0.25) is 5.91 Å². The van der Waals surface area contributed by atoms with Crippen LogP contribution < -0.4 is 10.1 Å². The van der Waals surface area contributed by atoms with Crippen LogP contribution in [0.1, 0.15) is 0 Å². The van der Waals surface area contributed by atoms with Gasteiger partial charge in [-0.3, -0.25) is 4.79 Å². The Hall–Kier alpha value is -1.51. The van der Waals surface area contributed by atoms with Gasteiger partial charge in [-0.2, -0.15) is 0 Å². The summed E-state index contributed by atoms with van der Waals surface area (Å²) in [5.41, 5.74) is 2.12. The summed E-state index contributed by atoms with van der Waals surface area (Å²) < 4.78 is 12.4. The second kappa shape index (κ2) is 7.58. The van der Waals surface area contributed by atoms with Gasteiger partial charge in [0.05, 0.1) is 23.0 Å². The molecule has 1 amide bonds. The number of fused-ring (bicyclic) bond motifs is 1. The highest BCUT2D eigenvalue weighted by molar-refractivity contribution is 9.11. The number of rotatable bonds is 5. The van der Waals surface area contributed by atoms with Gasteiger partial charge in [0.25, 0.3) is 5.22 Å². The number of nitrogens with one attached hydrogen (secondary N) is 1. The van der Waals surface area contributed by atoms with E-state index in [1.165, 1.54) is 11.8 Å². The van der Waals surface area contributed by atoms with Gasteiger partial charge >= 0.3 is 0 Å². The van der Waals surface area contributed by atoms with Crippen molar-refractivity contribution in [3.8, 4) is 5.75 Å². The number of methoxy groups -OCH3 is 1. The molecule has 3 rings (SSSR count). The Bertz CT molecular complexity index is 865. The van der Waals surface area contributed by atoms with E-state index >= 15 is 0 Å². The van der Waals surface area contributed by atoms with Crippen LogP contribution in [0.4, 0.5) is 5.69 Å². The smallest absolute Gasteiger partial charge is 0.257 e. The molecule has 1 heterocycles. The number of hydrogen-bond donors (Lipinski definition) is 1. The Balaban J connectivity index is 1.65. The molecule has 0 aliphatic rings. The third-order valence-corrected chi connectivity index (χ3v) is 5.22. The van der Waals surface area contributed by atoms with E-state index in [0.29, 0.717) is 22.2 Å². The van der Waals surface area contributed by atoms with Crippen LogP contribution in [-0.4, -0.2) is 23.8 Å². The Morgan fingerprint density at radius 3 is 2.83 bits per heavy atom. The highest BCUT2D eigenvalue weighted by Crippen LogP contribution is 2.34. The lowest BCUT2D eigenvalue weighted by Crippen LogP contribution is -2.14. The average molecular weight is 472 g/mol. The Labute approximate surface area is 159 Å². The number of amides is 1. The van der Waals surface area contributed by atoms with Gasteiger partial charge in [0, 0.05) is 10.5 Å².